The summed E-state index contributed by atoms with van der Waals surface area (Å²) in [5.74, 6) is -0.406. The number of carbonyl (C=O) groups is 2. The number of hydrogen-bond donors (Lipinski definition) is 0. The van der Waals surface area contributed by atoms with E-state index in [0.717, 1.165) is 5.56 Å². The number of amides is 2. The van der Waals surface area contributed by atoms with Gasteiger partial charge in [-0.2, -0.15) is 0 Å². The molecule has 0 aromatic heterocycles. The number of imide groups is 1. The molecule has 1 aliphatic heterocycles. The molecule has 0 aliphatic carbocycles. The maximum atomic E-state index is 12.1. The van der Waals surface area contributed by atoms with Gasteiger partial charge in [0.25, 0.3) is 5.91 Å². The fourth-order valence-corrected chi connectivity index (χ4v) is 2.06. The molecule has 1 aliphatic rings. The third kappa shape index (κ3) is 3.29. The summed E-state index contributed by atoms with van der Waals surface area (Å²) in [6, 6.07) is 9.67. The number of benzene rings is 1. The van der Waals surface area contributed by atoms with Crippen LogP contribution in [0.1, 0.15) is 18.4 Å². The second kappa shape index (κ2) is 6.29. The smallest absolute Gasteiger partial charge is 0.258 e. The Hall–Kier alpha value is -1.94. The average molecular weight is 259 g/mol. The second-order valence-corrected chi connectivity index (χ2v) is 4.46. The van der Waals surface area contributed by atoms with Crippen molar-refractivity contribution in [3.8, 4) is 0 Å². The highest BCUT2D eigenvalue weighted by Crippen LogP contribution is 2.17. The van der Waals surface area contributed by atoms with Crippen LogP contribution in [-0.2, 0) is 20.9 Å². The van der Waals surface area contributed by atoms with Crippen molar-refractivity contribution >= 4 is 11.8 Å². The van der Waals surface area contributed by atoms with Crippen molar-refractivity contribution in [2.45, 2.75) is 25.6 Å². The van der Waals surface area contributed by atoms with Crippen LogP contribution in [0.15, 0.2) is 43.0 Å². The Labute approximate surface area is 112 Å². The predicted molar refractivity (Wildman–Crippen MR) is 71.2 cm³/mol. The molecule has 0 saturated carbocycles. The lowest BCUT2D eigenvalue weighted by Gasteiger charge is -2.29. The summed E-state index contributed by atoms with van der Waals surface area (Å²) in [5, 5.41) is 0. The zero-order valence-corrected chi connectivity index (χ0v) is 10.7. The average Bonchev–Trinajstić information content (AvgIpc) is 2.44. The zero-order chi connectivity index (χ0) is 13.7. The van der Waals surface area contributed by atoms with E-state index >= 15 is 0 Å². The number of likely N-dealkylation sites (tertiary alicyclic amines) is 1. The first-order valence-corrected chi connectivity index (χ1v) is 6.33. The van der Waals surface area contributed by atoms with Gasteiger partial charge < -0.3 is 4.74 Å². The maximum absolute atomic E-state index is 12.1. The Morgan fingerprint density at radius 1 is 1.32 bits per heavy atom. The summed E-state index contributed by atoms with van der Waals surface area (Å²) in [7, 11) is 0. The minimum atomic E-state index is -0.530. The molecule has 1 aromatic carbocycles. The van der Waals surface area contributed by atoms with E-state index in [1.165, 1.54) is 4.90 Å². The van der Waals surface area contributed by atoms with Crippen molar-refractivity contribution in [2.24, 2.45) is 0 Å². The Kier molecular flexibility index (Phi) is 4.47. The minimum absolute atomic E-state index is 0.149. The predicted octanol–water partition coefficient (Wildman–Crippen LogP) is 1.91. The summed E-state index contributed by atoms with van der Waals surface area (Å²) < 4.78 is 5.63. The maximum Gasteiger partial charge on any atom is 0.258 e. The molecule has 1 saturated heterocycles. The van der Waals surface area contributed by atoms with Crippen LogP contribution in [0, 0.1) is 0 Å². The molecule has 0 unspecified atom stereocenters. The van der Waals surface area contributed by atoms with Crippen molar-refractivity contribution in [2.75, 3.05) is 6.54 Å². The summed E-state index contributed by atoms with van der Waals surface area (Å²) in [4.78, 5) is 24.9. The van der Waals surface area contributed by atoms with Crippen LogP contribution in [0.5, 0.6) is 0 Å². The standard InChI is InChI=1S/C15H17NO3/c1-2-10-16-14(17)9-8-13(15(16)18)19-11-12-6-4-3-5-7-12/h2-7,13H,1,8-11H2/t13-/m0/s1. The minimum Gasteiger partial charge on any atom is -0.364 e. The van der Waals surface area contributed by atoms with Crippen LogP contribution in [0.2, 0.25) is 0 Å². The highest BCUT2D eigenvalue weighted by atomic mass is 16.5. The highest BCUT2D eigenvalue weighted by Gasteiger charge is 2.34. The first-order chi connectivity index (χ1) is 9.22. The van der Waals surface area contributed by atoms with E-state index in [-0.39, 0.29) is 18.4 Å². The largest absolute Gasteiger partial charge is 0.364 e. The lowest BCUT2D eigenvalue weighted by Crippen LogP contribution is -2.48. The van der Waals surface area contributed by atoms with Crippen LogP contribution < -0.4 is 0 Å². The first-order valence-electron chi connectivity index (χ1n) is 6.33. The van der Waals surface area contributed by atoms with E-state index in [9.17, 15) is 9.59 Å². The molecule has 0 bridgehead atoms. The third-order valence-electron chi connectivity index (χ3n) is 3.07. The van der Waals surface area contributed by atoms with Gasteiger partial charge in [-0.25, -0.2) is 0 Å². The van der Waals surface area contributed by atoms with Crippen molar-refractivity contribution < 1.29 is 14.3 Å². The van der Waals surface area contributed by atoms with Gasteiger partial charge in [-0.3, -0.25) is 14.5 Å². The van der Waals surface area contributed by atoms with E-state index in [1.807, 2.05) is 30.3 Å². The molecule has 1 heterocycles. The van der Waals surface area contributed by atoms with Crippen LogP contribution in [0.25, 0.3) is 0 Å². The molecule has 4 nitrogen and oxygen atoms in total. The van der Waals surface area contributed by atoms with Gasteiger partial charge in [0.15, 0.2) is 0 Å². The van der Waals surface area contributed by atoms with Gasteiger partial charge in [0.2, 0.25) is 5.91 Å². The topological polar surface area (TPSA) is 46.6 Å². The molecule has 0 N–H and O–H groups in total. The van der Waals surface area contributed by atoms with E-state index < -0.39 is 6.10 Å². The lowest BCUT2D eigenvalue weighted by atomic mass is 10.1. The zero-order valence-electron chi connectivity index (χ0n) is 10.7. The molecule has 2 rings (SSSR count). The highest BCUT2D eigenvalue weighted by molar-refractivity contribution is 6.00. The van der Waals surface area contributed by atoms with Gasteiger partial charge in [-0.05, 0) is 12.0 Å². The molecular formula is C15H17NO3. The summed E-state index contributed by atoms with van der Waals surface area (Å²) in [6.45, 7) is 4.19. The molecule has 0 radical (unpaired) electrons. The molecule has 1 fully saturated rings. The lowest BCUT2D eigenvalue weighted by molar-refractivity contribution is -0.158. The van der Waals surface area contributed by atoms with Gasteiger partial charge in [0.1, 0.15) is 6.10 Å². The van der Waals surface area contributed by atoms with Gasteiger partial charge in [-0.1, -0.05) is 36.4 Å². The number of piperidine rings is 1. The van der Waals surface area contributed by atoms with Crippen molar-refractivity contribution in [3.63, 3.8) is 0 Å². The molecule has 1 aromatic rings. The number of carbonyl (C=O) groups excluding carboxylic acids is 2. The Balaban J connectivity index is 1.95. The van der Waals surface area contributed by atoms with Gasteiger partial charge in [0.05, 0.1) is 6.61 Å². The Bertz CT molecular complexity index is 470. The summed E-state index contributed by atoms with van der Waals surface area (Å²) in [5.41, 5.74) is 1.02. The van der Waals surface area contributed by atoms with E-state index in [2.05, 4.69) is 6.58 Å². The number of rotatable bonds is 5. The molecule has 1 atom stereocenters. The summed E-state index contributed by atoms with van der Waals surface area (Å²) in [6.07, 6.45) is 1.82. The number of hydrogen-bond acceptors (Lipinski definition) is 3. The molecule has 100 valence electrons. The summed E-state index contributed by atoms with van der Waals surface area (Å²) >= 11 is 0. The Morgan fingerprint density at radius 3 is 2.74 bits per heavy atom. The molecular weight excluding hydrogens is 242 g/mol. The molecule has 0 spiro atoms. The number of nitrogens with zero attached hydrogens (tertiary/aromatic N) is 1. The van der Waals surface area contributed by atoms with Crippen molar-refractivity contribution in [1.82, 2.24) is 4.90 Å². The number of ether oxygens (including phenoxy) is 1. The van der Waals surface area contributed by atoms with Crippen LogP contribution in [-0.4, -0.2) is 29.4 Å². The van der Waals surface area contributed by atoms with Gasteiger partial charge >= 0.3 is 0 Å². The second-order valence-electron chi connectivity index (χ2n) is 4.46. The van der Waals surface area contributed by atoms with Crippen LogP contribution >= 0.6 is 0 Å². The molecule has 4 heteroatoms. The van der Waals surface area contributed by atoms with Crippen LogP contribution in [0.3, 0.4) is 0 Å². The third-order valence-corrected chi connectivity index (χ3v) is 3.07. The Morgan fingerprint density at radius 2 is 2.05 bits per heavy atom. The van der Waals surface area contributed by atoms with Gasteiger partial charge in [-0.15, -0.1) is 6.58 Å². The SMILES string of the molecule is C=CCN1C(=O)CC[C@H](OCc2ccccc2)C1=O. The van der Waals surface area contributed by atoms with Crippen molar-refractivity contribution in [1.29, 1.82) is 0 Å². The van der Waals surface area contributed by atoms with Crippen molar-refractivity contribution in [3.05, 3.63) is 48.6 Å². The van der Waals surface area contributed by atoms with Gasteiger partial charge in [0, 0.05) is 13.0 Å². The fraction of sp³-hybridized carbons (Fsp3) is 0.333. The van der Waals surface area contributed by atoms with E-state index in [4.69, 9.17) is 4.74 Å². The van der Waals surface area contributed by atoms with Crippen LogP contribution in [0.4, 0.5) is 0 Å². The van der Waals surface area contributed by atoms with E-state index in [0.29, 0.717) is 19.4 Å². The first kappa shape index (κ1) is 13.5. The fourth-order valence-electron chi connectivity index (χ4n) is 2.06. The monoisotopic (exact) mass is 259 g/mol. The quantitative estimate of drug-likeness (QED) is 0.599. The molecule has 2 amide bonds. The normalized spacial score (nSPS) is 19.6. The van der Waals surface area contributed by atoms with E-state index in [1.54, 1.807) is 6.08 Å². The molecule has 19 heavy (non-hydrogen) atoms.